The molecule has 0 aliphatic heterocycles. The fourth-order valence-corrected chi connectivity index (χ4v) is 10.4. The molecule has 0 unspecified atom stereocenters. The highest BCUT2D eigenvalue weighted by molar-refractivity contribution is 7.25. The maximum Gasteiger partial charge on any atom is 0.0546 e. The van der Waals surface area contributed by atoms with Gasteiger partial charge in [0.15, 0.2) is 0 Å². The molecule has 9 aromatic carbocycles. The molecule has 1 heterocycles. The third-order valence-corrected chi connectivity index (χ3v) is 13.0. The maximum absolute atomic E-state index is 2.51. The number of benzene rings is 9. The van der Waals surface area contributed by atoms with Crippen LogP contribution in [0, 0.1) is 0 Å². The van der Waals surface area contributed by atoms with E-state index in [1.54, 1.807) is 0 Å². The molecule has 0 saturated heterocycles. The highest BCUT2D eigenvalue weighted by Crippen LogP contribution is 2.53. The van der Waals surface area contributed by atoms with Crippen LogP contribution < -0.4 is 4.90 Å². The van der Waals surface area contributed by atoms with Gasteiger partial charge in [0, 0.05) is 42.5 Å². The second-order valence-corrected chi connectivity index (χ2v) is 16.4. The van der Waals surface area contributed by atoms with Crippen LogP contribution in [0.1, 0.15) is 25.0 Å². The van der Waals surface area contributed by atoms with Crippen LogP contribution in [-0.2, 0) is 5.41 Å². The minimum atomic E-state index is -0.126. The van der Waals surface area contributed by atoms with Gasteiger partial charge in [-0.05, 0) is 96.9 Å². The minimum absolute atomic E-state index is 0.126. The normalized spacial score (nSPS) is 13.1. The van der Waals surface area contributed by atoms with Crippen LogP contribution in [0.2, 0.25) is 0 Å². The Hall–Kier alpha value is -6.48. The van der Waals surface area contributed by atoms with Crippen LogP contribution in [-0.4, -0.2) is 0 Å². The van der Waals surface area contributed by atoms with E-state index in [9.17, 15) is 0 Å². The second kappa shape index (κ2) is 12.3. The summed E-state index contributed by atoms with van der Waals surface area (Å²) in [6, 6.07) is 69.8. The zero-order valence-corrected chi connectivity index (χ0v) is 31.6. The number of rotatable bonds is 5. The van der Waals surface area contributed by atoms with Gasteiger partial charge in [-0.25, -0.2) is 0 Å². The molecular formula is C53H37NS. The van der Waals surface area contributed by atoms with E-state index in [4.69, 9.17) is 0 Å². The topological polar surface area (TPSA) is 3.24 Å². The van der Waals surface area contributed by atoms with Crippen molar-refractivity contribution in [1.82, 2.24) is 0 Å². The van der Waals surface area contributed by atoms with Crippen molar-refractivity contribution in [1.29, 1.82) is 0 Å². The quantitative estimate of drug-likeness (QED) is 0.160. The van der Waals surface area contributed by atoms with Gasteiger partial charge in [-0.1, -0.05) is 166 Å². The van der Waals surface area contributed by atoms with E-state index in [0.717, 1.165) is 17.1 Å². The second-order valence-electron chi connectivity index (χ2n) is 15.3. The summed E-state index contributed by atoms with van der Waals surface area (Å²) in [6.45, 7) is 4.74. The molecule has 1 aliphatic carbocycles. The molecule has 1 aromatic heterocycles. The van der Waals surface area contributed by atoms with Gasteiger partial charge in [-0.15, -0.1) is 11.3 Å². The van der Waals surface area contributed by atoms with Crippen LogP contribution in [0.4, 0.5) is 17.1 Å². The number of hydrogen-bond acceptors (Lipinski definition) is 2. The van der Waals surface area contributed by atoms with E-state index in [1.807, 2.05) is 11.3 Å². The molecule has 0 atom stereocenters. The van der Waals surface area contributed by atoms with E-state index in [-0.39, 0.29) is 5.41 Å². The zero-order chi connectivity index (χ0) is 36.7. The molecule has 0 N–H and O–H groups in total. The number of nitrogens with zero attached hydrogens (tertiary/aromatic N) is 1. The molecule has 0 saturated carbocycles. The molecule has 0 radical (unpaired) electrons. The van der Waals surface area contributed by atoms with Crippen LogP contribution >= 0.6 is 11.3 Å². The van der Waals surface area contributed by atoms with Gasteiger partial charge in [0.05, 0.1) is 5.69 Å². The molecule has 1 aliphatic rings. The third-order valence-electron chi connectivity index (χ3n) is 11.9. The van der Waals surface area contributed by atoms with Gasteiger partial charge in [0.2, 0.25) is 0 Å². The first-order valence-corrected chi connectivity index (χ1v) is 19.9. The minimum Gasteiger partial charge on any atom is -0.310 e. The van der Waals surface area contributed by atoms with Gasteiger partial charge in [-0.3, -0.25) is 0 Å². The predicted octanol–water partition coefficient (Wildman–Crippen LogP) is 15.5. The molecule has 11 rings (SSSR count). The van der Waals surface area contributed by atoms with E-state index >= 15 is 0 Å². The highest BCUT2D eigenvalue weighted by atomic mass is 32.1. The highest BCUT2D eigenvalue weighted by Gasteiger charge is 2.36. The standard InChI is InChI=1S/C53H37NS/c1-53(2)47-23-10-8-18-42(47)43-30-27-36(32-48(43)53)54(37-28-31-45-44-19-9-11-25-50(44)55-51(45)33-37)49-24-13-22-46(52(49)35-15-4-3-5-16-35)40-21-12-20-39-38-17-7-6-14-34(38)26-29-41(39)40/h3-33H,1-2H3. The monoisotopic (exact) mass is 719 g/mol. The predicted molar refractivity (Wildman–Crippen MR) is 237 cm³/mol. The smallest absolute Gasteiger partial charge is 0.0546 e. The number of thiophene rings is 1. The van der Waals surface area contributed by atoms with Gasteiger partial charge < -0.3 is 4.90 Å². The SMILES string of the molecule is CC1(C)c2ccccc2-c2ccc(N(c3ccc4c(c3)sc3ccccc34)c3cccc(-c4cccc5c4ccc4ccccc45)c3-c3ccccc3)cc21. The molecule has 55 heavy (non-hydrogen) atoms. The Morgan fingerprint density at radius 3 is 1.95 bits per heavy atom. The molecule has 0 amide bonds. The van der Waals surface area contributed by atoms with E-state index in [1.165, 1.54) is 86.2 Å². The lowest BCUT2D eigenvalue weighted by atomic mass is 9.82. The van der Waals surface area contributed by atoms with Crippen molar-refractivity contribution in [3.8, 4) is 33.4 Å². The van der Waals surface area contributed by atoms with Crippen molar-refractivity contribution in [2.24, 2.45) is 0 Å². The summed E-state index contributed by atoms with van der Waals surface area (Å²) < 4.78 is 2.60. The van der Waals surface area contributed by atoms with Crippen LogP contribution in [0.3, 0.4) is 0 Å². The lowest BCUT2D eigenvalue weighted by Crippen LogP contribution is -2.17. The Labute approximate surface area is 325 Å². The number of hydrogen-bond donors (Lipinski definition) is 0. The van der Waals surface area contributed by atoms with Gasteiger partial charge in [0.1, 0.15) is 0 Å². The number of fused-ring (bicyclic) bond motifs is 9. The van der Waals surface area contributed by atoms with Crippen molar-refractivity contribution in [3.05, 3.63) is 199 Å². The summed E-state index contributed by atoms with van der Waals surface area (Å²) in [5.41, 5.74) is 13.6. The van der Waals surface area contributed by atoms with Crippen molar-refractivity contribution >= 4 is 70.1 Å². The average molecular weight is 720 g/mol. The molecule has 1 nitrogen and oxygen atoms in total. The van der Waals surface area contributed by atoms with Crippen molar-refractivity contribution in [2.75, 3.05) is 4.90 Å². The summed E-state index contributed by atoms with van der Waals surface area (Å²) in [4.78, 5) is 2.51. The molecule has 0 fully saturated rings. The van der Waals surface area contributed by atoms with Gasteiger partial charge >= 0.3 is 0 Å². The Morgan fingerprint density at radius 1 is 0.400 bits per heavy atom. The van der Waals surface area contributed by atoms with Crippen LogP contribution in [0.5, 0.6) is 0 Å². The Kier molecular flexibility index (Phi) is 7.14. The summed E-state index contributed by atoms with van der Waals surface area (Å²) in [5.74, 6) is 0. The Balaban J connectivity index is 1.20. The summed E-state index contributed by atoms with van der Waals surface area (Å²) in [6.07, 6.45) is 0. The number of anilines is 3. The Morgan fingerprint density at radius 2 is 1.04 bits per heavy atom. The van der Waals surface area contributed by atoms with Gasteiger partial charge in [-0.2, -0.15) is 0 Å². The van der Waals surface area contributed by atoms with E-state index in [0.29, 0.717) is 0 Å². The fraction of sp³-hybridized carbons (Fsp3) is 0.0566. The van der Waals surface area contributed by atoms with Crippen molar-refractivity contribution < 1.29 is 0 Å². The summed E-state index contributed by atoms with van der Waals surface area (Å²) >= 11 is 1.87. The van der Waals surface area contributed by atoms with Crippen LogP contribution in [0.25, 0.3) is 75.1 Å². The maximum atomic E-state index is 2.51. The first-order valence-electron chi connectivity index (χ1n) is 19.1. The fourth-order valence-electron chi connectivity index (χ4n) is 9.25. The molecular weight excluding hydrogens is 683 g/mol. The lowest BCUT2D eigenvalue weighted by Gasteiger charge is -2.31. The molecule has 2 heteroatoms. The largest absolute Gasteiger partial charge is 0.310 e. The molecule has 10 aromatic rings. The van der Waals surface area contributed by atoms with Gasteiger partial charge in [0.25, 0.3) is 0 Å². The zero-order valence-electron chi connectivity index (χ0n) is 30.8. The van der Waals surface area contributed by atoms with Crippen LogP contribution in [0.15, 0.2) is 188 Å². The summed E-state index contributed by atoms with van der Waals surface area (Å²) in [5, 5.41) is 7.68. The van der Waals surface area contributed by atoms with Crippen molar-refractivity contribution in [2.45, 2.75) is 19.3 Å². The van der Waals surface area contributed by atoms with Crippen molar-refractivity contribution in [3.63, 3.8) is 0 Å². The molecule has 0 bridgehead atoms. The van der Waals surface area contributed by atoms with E-state index in [2.05, 4.69) is 207 Å². The first kappa shape index (κ1) is 32.0. The Bertz CT molecular complexity index is 3130. The third kappa shape index (κ3) is 4.92. The van der Waals surface area contributed by atoms with E-state index < -0.39 is 0 Å². The molecule has 260 valence electrons. The first-order chi connectivity index (χ1) is 27.0. The lowest BCUT2D eigenvalue weighted by molar-refractivity contribution is 0.660. The molecule has 0 spiro atoms. The average Bonchev–Trinajstić information content (AvgIpc) is 3.72. The summed E-state index contributed by atoms with van der Waals surface area (Å²) in [7, 11) is 0.